The maximum atomic E-state index is 5.79. The Kier molecular flexibility index (Phi) is 5.60. The summed E-state index contributed by atoms with van der Waals surface area (Å²) < 4.78 is 7.99. The smallest absolute Gasteiger partial charge is 0.216 e. The summed E-state index contributed by atoms with van der Waals surface area (Å²) in [6, 6.07) is 12.3. The molecule has 0 saturated heterocycles. The zero-order valence-corrected chi connectivity index (χ0v) is 15.3. The largest absolute Gasteiger partial charge is 0.493 e. The molecule has 0 unspecified atom stereocenters. The van der Waals surface area contributed by atoms with E-state index in [0.29, 0.717) is 11.4 Å². The molecule has 25 heavy (non-hydrogen) atoms. The minimum atomic E-state index is 0.501. The third-order valence-electron chi connectivity index (χ3n) is 4.00. The first-order valence-electron chi connectivity index (χ1n) is 8.59. The number of benzene rings is 2. The van der Waals surface area contributed by atoms with Crippen molar-refractivity contribution in [3.63, 3.8) is 0 Å². The Morgan fingerprint density at radius 2 is 2.08 bits per heavy atom. The SMILES string of the molecule is CCCCc1n[nH]c(=S)n1N=Cc1c(OCC)ccc2ccccc12. The lowest BCUT2D eigenvalue weighted by molar-refractivity contribution is 0.340. The monoisotopic (exact) mass is 354 g/mol. The molecule has 6 heteroatoms. The molecule has 3 rings (SSSR count). The van der Waals surface area contributed by atoms with E-state index in [2.05, 4.69) is 40.4 Å². The molecule has 1 N–H and O–H groups in total. The van der Waals surface area contributed by atoms with Crippen LogP contribution < -0.4 is 4.74 Å². The Bertz CT molecular complexity index is 942. The molecule has 0 fully saturated rings. The Hall–Kier alpha value is -2.47. The minimum absolute atomic E-state index is 0.501. The average Bonchev–Trinajstić information content (AvgIpc) is 2.99. The van der Waals surface area contributed by atoms with Crippen LogP contribution in [0.2, 0.25) is 0 Å². The lowest BCUT2D eigenvalue weighted by Gasteiger charge is -2.10. The third kappa shape index (κ3) is 3.79. The molecular formula is C19H22N4OS. The number of fused-ring (bicyclic) bond motifs is 1. The minimum Gasteiger partial charge on any atom is -0.493 e. The van der Waals surface area contributed by atoms with E-state index in [1.165, 1.54) is 0 Å². The number of rotatable bonds is 7. The highest BCUT2D eigenvalue weighted by molar-refractivity contribution is 7.71. The van der Waals surface area contributed by atoms with Crippen molar-refractivity contribution < 1.29 is 4.74 Å². The Balaban J connectivity index is 2.05. The van der Waals surface area contributed by atoms with Gasteiger partial charge < -0.3 is 4.74 Å². The van der Waals surface area contributed by atoms with Gasteiger partial charge in [-0.25, -0.2) is 0 Å². The second kappa shape index (κ2) is 8.07. The molecule has 3 aromatic rings. The fourth-order valence-corrected chi connectivity index (χ4v) is 2.94. The normalized spacial score (nSPS) is 11.4. The van der Waals surface area contributed by atoms with Crippen molar-refractivity contribution in [3.8, 4) is 5.75 Å². The van der Waals surface area contributed by atoms with Gasteiger partial charge >= 0.3 is 0 Å². The van der Waals surface area contributed by atoms with Crippen LogP contribution in [0.15, 0.2) is 41.5 Å². The van der Waals surface area contributed by atoms with Gasteiger partial charge in [0.05, 0.1) is 12.8 Å². The molecule has 1 heterocycles. The van der Waals surface area contributed by atoms with E-state index >= 15 is 0 Å². The first kappa shape index (κ1) is 17.4. The number of unbranched alkanes of at least 4 members (excludes halogenated alkanes) is 1. The van der Waals surface area contributed by atoms with E-state index in [-0.39, 0.29) is 0 Å². The fourth-order valence-electron chi connectivity index (χ4n) is 2.75. The molecular weight excluding hydrogens is 332 g/mol. The summed E-state index contributed by atoms with van der Waals surface area (Å²) in [5.74, 6) is 1.66. The van der Waals surface area contributed by atoms with Crippen LogP contribution in [0.5, 0.6) is 5.75 Å². The van der Waals surface area contributed by atoms with Gasteiger partial charge in [0.15, 0.2) is 5.82 Å². The van der Waals surface area contributed by atoms with Crippen molar-refractivity contribution in [2.45, 2.75) is 33.1 Å². The fraction of sp³-hybridized carbons (Fsp3) is 0.316. The number of nitrogens with zero attached hydrogens (tertiary/aromatic N) is 3. The van der Waals surface area contributed by atoms with E-state index in [9.17, 15) is 0 Å². The number of aromatic amines is 1. The summed E-state index contributed by atoms with van der Waals surface area (Å²) >= 11 is 5.32. The van der Waals surface area contributed by atoms with Gasteiger partial charge in [0, 0.05) is 12.0 Å². The van der Waals surface area contributed by atoms with E-state index in [4.69, 9.17) is 17.0 Å². The summed E-state index contributed by atoms with van der Waals surface area (Å²) in [7, 11) is 0. The zero-order chi connectivity index (χ0) is 17.6. The van der Waals surface area contributed by atoms with Crippen LogP contribution >= 0.6 is 12.2 Å². The first-order chi connectivity index (χ1) is 12.2. The Morgan fingerprint density at radius 3 is 2.88 bits per heavy atom. The Morgan fingerprint density at radius 1 is 1.24 bits per heavy atom. The van der Waals surface area contributed by atoms with Crippen LogP contribution in [0.4, 0.5) is 0 Å². The zero-order valence-electron chi connectivity index (χ0n) is 14.5. The quantitative estimate of drug-likeness (QED) is 0.493. The van der Waals surface area contributed by atoms with Crippen molar-refractivity contribution in [2.75, 3.05) is 6.61 Å². The van der Waals surface area contributed by atoms with Crippen LogP contribution in [0.25, 0.3) is 10.8 Å². The predicted molar refractivity (Wildman–Crippen MR) is 104 cm³/mol. The summed E-state index contributed by atoms with van der Waals surface area (Å²) in [6.45, 7) is 4.73. The topological polar surface area (TPSA) is 55.2 Å². The molecule has 0 bridgehead atoms. The number of aromatic nitrogens is 3. The molecule has 0 aliphatic heterocycles. The highest BCUT2D eigenvalue weighted by atomic mass is 32.1. The molecule has 0 saturated carbocycles. The van der Waals surface area contributed by atoms with Crippen molar-refractivity contribution >= 4 is 29.2 Å². The first-order valence-corrected chi connectivity index (χ1v) is 9.00. The molecule has 5 nitrogen and oxygen atoms in total. The molecule has 2 aromatic carbocycles. The van der Waals surface area contributed by atoms with Crippen LogP contribution in [0.3, 0.4) is 0 Å². The number of hydrogen-bond acceptors (Lipinski definition) is 4. The van der Waals surface area contributed by atoms with Gasteiger partial charge in [-0.3, -0.25) is 5.10 Å². The lowest BCUT2D eigenvalue weighted by atomic mass is 10.0. The molecule has 0 spiro atoms. The summed E-state index contributed by atoms with van der Waals surface area (Å²) in [6.07, 6.45) is 4.80. The molecule has 1 aromatic heterocycles. The average molecular weight is 354 g/mol. The molecule has 0 amide bonds. The van der Waals surface area contributed by atoms with Crippen molar-refractivity contribution in [3.05, 3.63) is 52.6 Å². The van der Waals surface area contributed by atoms with Crippen LogP contribution in [-0.4, -0.2) is 27.7 Å². The Labute approximate surface area is 152 Å². The summed E-state index contributed by atoms with van der Waals surface area (Å²) in [4.78, 5) is 0. The number of hydrogen-bond donors (Lipinski definition) is 1. The van der Waals surface area contributed by atoms with Gasteiger partial charge in [0.2, 0.25) is 4.77 Å². The molecule has 0 aliphatic rings. The number of ether oxygens (including phenoxy) is 1. The van der Waals surface area contributed by atoms with Crippen LogP contribution in [0.1, 0.15) is 38.1 Å². The van der Waals surface area contributed by atoms with Gasteiger partial charge in [0.25, 0.3) is 0 Å². The van der Waals surface area contributed by atoms with Gasteiger partial charge in [-0.05, 0) is 42.4 Å². The van der Waals surface area contributed by atoms with Gasteiger partial charge in [-0.1, -0.05) is 43.7 Å². The van der Waals surface area contributed by atoms with Gasteiger partial charge in [0.1, 0.15) is 5.75 Å². The number of H-pyrrole nitrogens is 1. The predicted octanol–water partition coefficient (Wildman–Crippen LogP) is 4.72. The molecule has 130 valence electrons. The van der Waals surface area contributed by atoms with Crippen LogP contribution in [-0.2, 0) is 6.42 Å². The van der Waals surface area contributed by atoms with E-state index in [1.54, 1.807) is 4.68 Å². The third-order valence-corrected chi connectivity index (χ3v) is 4.27. The standard InChI is InChI=1S/C19H22N4OS/c1-3-5-10-18-21-22-19(25)23(18)20-13-16-15-9-7-6-8-14(15)11-12-17(16)24-4-2/h6-9,11-13H,3-5,10H2,1-2H3,(H,22,25). The highest BCUT2D eigenvalue weighted by Crippen LogP contribution is 2.26. The van der Waals surface area contributed by atoms with Crippen molar-refractivity contribution in [1.29, 1.82) is 0 Å². The number of nitrogens with one attached hydrogen (secondary N) is 1. The second-order valence-corrected chi connectivity index (χ2v) is 6.12. The number of aryl methyl sites for hydroxylation is 1. The van der Waals surface area contributed by atoms with E-state index < -0.39 is 0 Å². The summed E-state index contributed by atoms with van der Waals surface area (Å²) in [5, 5.41) is 14.0. The second-order valence-electron chi connectivity index (χ2n) is 5.74. The van der Waals surface area contributed by atoms with Gasteiger partial charge in [-0.15, -0.1) is 0 Å². The highest BCUT2D eigenvalue weighted by Gasteiger charge is 2.08. The molecule has 0 radical (unpaired) electrons. The van der Waals surface area contributed by atoms with Crippen molar-refractivity contribution in [1.82, 2.24) is 14.9 Å². The summed E-state index contributed by atoms with van der Waals surface area (Å²) in [5.41, 5.74) is 0.949. The van der Waals surface area contributed by atoms with E-state index in [0.717, 1.165) is 47.2 Å². The molecule has 0 aliphatic carbocycles. The van der Waals surface area contributed by atoms with Crippen LogP contribution in [0, 0.1) is 4.77 Å². The lowest BCUT2D eigenvalue weighted by Crippen LogP contribution is -2.01. The van der Waals surface area contributed by atoms with Gasteiger partial charge in [-0.2, -0.15) is 14.9 Å². The van der Waals surface area contributed by atoms with E-state index in [1.807, 2.05) is 31.3 Å². The molecule has 0 atom stereocenters. The maximum Gasteiger partial charge on any atom is 0.216 e. The maximum absolute atomic E-state index is 5.79. The van der Waals surface area contributed by atoms with Crippen molar-refractivity contribution in [2.24, 2.45) is 5.10 Å².